The Morgan fingerprint density at radius 2 is 2.24 bits per heavy atom. The molecule has 1 aromatic carbocycles. The zero-order valence-corrected chi connectivity index (χ0v) is 10.6. The Hall–Kier alpha value is -1.42. The molecular formula is C13H16N2OS. The Kier molecular flexibility index (Phi) is 3.15. The summed E-state index contributed by atoms with van der Waals surface area (Å²) in [5.74, 6) is -0.0356. The number of carbonyl (C=O) groups excluding carboxylic acids is 1. The predicted octanol–water partition coefficient (Wildman–Crippen LogP) is 1.68. The van der Waals surface area contributed by atoms with Crippen LogP contribution < -0.4 is 11.1 Å². The second kappa shape index (κ2) is 4.45. The van der Waals surface area contributed by atoms with Crippen LogP contribution in [0.4, 0.5) is 0 Å². The van der Waals surface area contributed by atoms with Gasteiger partial charge in [-0.05, 0) is 25.3 Å². The van der Waals surface area contributed by atoms with Crippen molar-refractivity contribution in [2.24, 2.45) is 11.1 Å². The van der Waals surface area contributed by atoms with Gasteiger partial charge < -0.3 is 11.1 Å². The van der Waals surface area contributed by atoms with Crippen LogP contribution in [0.2, 0.25) is 0 Å². The summed E-state index contributed by atoms with van der Waals surface area (Å²) in [5.41, 5.74) is 7.32. The van der Waals surface area contributed by atoms with E-state index in [0.717, 1.165) is 18.4 Å². The standard InChI is InChI=1S/C13H16N2OS/c1-9-3-2-4-10(7-9)8-15-12(16)13(5-6-13)11(14)17/h2-4,7H,5-6,8H2,1H3,(H2,14,17)(H,15,16). The lowest BCUT2D eigenvalue weighted by Gasteiger charge is -2.13. The summed E-state index contributed by atoms with van der Waals surface area (Å²) in [6.45, 7) is 2.56. The zero-order valence-electron chi connectivity index (χ0n) is 9.82. The highest BCUT2D eigenvalue weighted by molar-refractivity contribution is 7.80. The molecule has 1 aliphatic carbocycles. The zero-order chi connectivity index (χ0) is 12.5. The fourth-order valence-corrected chi connectivity index (χ4v) is 2.18. The van der Waals surface area contributed by atoms with Gasteiger partial charge in [-0.1, -0.05) is 42.0 Å². The monoisotopic (exact) mass is 248 g/mol. The molecule has 0 saturated heterocycles. The molecule has 0 aliphatic heterocycles. The average molecular weight is 248 g/mol. The van der Waals surface area contributed by atoms with Crippen LogP contribution in [0.1, 0.15) is 24.0 Å². The topological polar surface area (TPSA) is 55.1 Å². The third kappa shape index (κ3) is 2.47. The number of hydrogen-bond donors (Lipinski definition) is 2. The summed E-state index contributed by atoms with van der Waals surface area (Å²) >= 11 is 4.94. The number of rotatable bonds is 4. The van der Waals surface area contributed by atoms with Crippen molar-refractivity contribution in [2.45, 2.75) is 26.3 Å². The van der Waals surface area contributed by atoms with Gasteiger partial charge in [0.2, 0.25) is 5.91 Å². The molecule has 4 heteroatoms. The molecule has 1 fully saturated rings. The summed E-state index contributed by atoms with van der Waals surface area (Å²) in [4.78, 5) is 12.3. The van der Waals surface area contributed by atoms with Gasteiger partial charge in [0.15, 0.2) is 0 Å². The Morgan fingerprint density at radius 3 is 2.76 bits per heavy atom. The van der Waals surface area contributed by atoms with Crippen molar-refractivity contribution in [3.63, 3.8) is 0 Å². The van der Waals surface area contributed by atoms with E-state index in [9.17, 15) is 4.79 Å². The van der Waals surface area contributed by atoms with Gasteiger partial charge in [0, 0.05) is 6.54 Å². The molecule has 0 radical (unpaired) electrons. The van der Waals surface area contributed by atoms with Crippen LogP contribution in [-0.2, 0) is 11.3 Å². The Labute approximate surface area is 106 Å². The van der Waals surface area contributed by atoms with Gasteiger partial charge >= 0.3 is 0 Å². The van der Waals surface area contributed by atoms with Gasteiger partial charge in [-0.2, -0.15) is 0 Å². The lowest BCUT2D eigenvalue weighted by Crippen LogP contribution is -2.39. The lowest BCUT2D eigenvalue weighted by atomic mass is 10.1. The number of nitrogens with one attached hydrogen (secondary N) is 1. The van der Waals surface area contributed by atoms with Gasteiger partial charge in [-0.25, -0.2) is 0 Å². The Bertz CT molecular complexity index is 466. The van der Waals surface area contributed by atoms with Crippen molar-refractivity contribution in [1.82, 2.24) is 5.32 Å². The number of amides is 1. The first-order valence-electron chi connectivity index (χ1n) is 5.68. The summed E-state index contributed by atoms with van der Waals surface area (Å²) < 4.78 is 0. The minimum Gasteiger partial charge on any atom is -0.392 e. The summed E-state index contributed by atoms with van der Waals surface area (Å²) in [6.07, 6.45) is 1.56. The smallest absolute Gasteiger partial charge is 0.233 e. The molecule has 1 aromatic rings. The molecule has 1 aliphatic rings. The van der Waals surface area contributed by atoms with Gasteiger partial charge in [-0.15, -0.1) is 0 Å². The van der Waals surface area contributed by atoms with Crippen LogP contribution in [0.3, 0.4) is 0 Å². The number of hydrogen-bond acceptors (Lipinski definition) is 2. The van der Waals surface area contributed by atoms with Crippen LogP contribution in [-0.4, -0.2) is 10.9 Å². The summed E-state index contributed by atoms with van der Waals surface area (Å²) in [5, 5.41) is 2.90. The quantitative estimate of drug-likeness (QED) is 0.797. The van der Waals surface area contributed by atoms with Crippen LogP contribution >= 0.6 is 12.2 Å². The summed E-state index contributed by atoms with van der Waals surface area (Å²) in [7, 11) is 0. The first-order chi connectivity index (χ1) is 8.04. The van der Waals surface area contributed by atoms with Crippen LogP contribution in [0, 0.1) is 12.3 Å². The highest BCUT2D eigenvalue weighted by atomic mass is 32.1. The molecule has 1 saturated carbocycles. The van der Waals surface area contributed by atoms with Crippen molar-refractivity contribution < 1.29 is 4.79 Å². The molecule has 0 aromatic heterocycles. The summed E-state index contributed by atoms with van der Waals surface area (Å²) in [6, 6.07) is 8.06. The molecule has 3 nitrogen and oxygen atoms in total. The second-order valence-electron chi connectivity index (χ2n) is 4.62. The molecule has 0 unspecified atom stereocenters. The maximum atomic E-state index is 11.9. The minimum atomic E-state index is -0.556. The highest BCUT2D eigenvalue weighted by Gasteiger charge is 2.52. The van der Waals surface area contributed by atoms with E-state index < -0.39 is 5.41 Å². The first kappa shape index (κ1) is 12.0. The largest absolute Gasteiger partial charge is 0.392 e. The molecule has 17 heavy (non-hydrogen) atoms. The van der Waals surface area contributed by atoms with Crippen molar-refractivity contribution in [3.8, 4) is 0 Å². The normalized spacial score (nSPS) is 16.3. The highest BCUT2D eigenvalue weighted by Crippen LogP contribution is 2.46. The molecule has 3 N–H and O–H groups in total. The van der Waals surface area contributed by atoms with Gasteiger partial charge in [-0.3, -0.25) is 4.79 Å². The Morgan fingerprint density at radius 1 is 1.53 bits per heavy atom. The molecule has 0 heterocycles. The van der Waals surface area contributed by atoms with E-state index in [2.05, 4.69) is 11.4 Å². The van der Waals surface area contributed by atoms with Crippen molar-refractivity contribution in [1.29, 1.82) is 0 Å². The maximum absolute atomic E-state index is 11.9. The molecule has 1 amide bonds. The SMILES string of the molecule is Cc1cccc(CNC(=O)C2(C(N)=S)CC2)c1. The number of aryl methyl sites for hydroxylation is 1. The Balaban J connectivity index is 1.95. The fourth-order valence-electron chi connectivity index (χ4n) is 1.88. The lowest BCUT2D eigenvalue weighted by molar-refractivity contribution is -0.124. The van der Waals surface area contributed by atoms with Crippen LogP contribution in [0.25, 0.3) is 0 Å². The predicted molar refractivity (Wildman–Crippen MR) is 71.5 cm³/mol. The van der Waals surface area contributed by atoms with Gasteiger partial charge in [0.25, 0.3) is 0 Å². The van der Waals surface area contributed by atoms with E-state index in [1.165, 1.54) is 5.56 Å². The van der Waals surface area contributed by atoms with E-state index in [4.69, 9.17) is 18.0 Å². The number of carbonyl (C=O) groups is 1. The number of thiocarbonyl (C=S) groups is 1. The van der Waals surface area contributed by atoms with Crippen molar-refractivity contribution in [3.05, 3.63) is 35.4 Å². The molecule has 0 bridgehead atoms. The van der Waals surface area contributed by atoms with Gasteiger partial charge in [0.05, 0.1) is 10.4 Å². The molecule has 2 rings (SSSR count). The van der Waals surface area contributed by atoms with Gasteiger partial charge in [0.1, 0.15) is 0 Å². The number of benzene rings is 1. The van der Waals surface area contributed by atoms with Crippen LogP contribution in [0.15, 0.2) is 24.3 Å². The fraction of sp³-hybridized carbons (Fsp3) is 0.385. The molecule has 90 valence electrons. The third-order valence-corrected chi connectivity index (χ3v) is 3.58. The maximum Gasteiger partial charge on any atom is 0.233 e. The van der Waals surface area contributed by atoms with E-state index in [1.54, 1.807) is 0 Å². The van der Waals surface area contributed by atoms with E-state index >= 15 is 0 Å². The third-order valence-electron chi connectivity index (χ3n) is 3.19. The van der Waals surface area contributed by atoms with Crippen molar-refractivity contribution >= 4 is 23.1 Å². The molecular weight excluding hydrogens is 232 g/mol. The second-order valence-corrected chi connectivity index (χ2v) is 5.06. The molecule has 0 atom stereocenters. The van der Waals surface area contributed by atoms with Crippen LogP contribution in [0.5, 0.6) is 0 Å². The number of nitrogens with two attached hydrogens (primary N) is 1. The average Bonchev–Trinajstić information content (AvgIpc) is 3.07. The van der Waals surface area contributed by atoms with E-state index in [-0.39, 0.29) is 5.91 Å². The van der Waals surface area contributed by atoms with E-state index in [1.807, 2.05) is 25.1 Å². The first-order valence-corrected chi connectivity index (χ1v) is 6.09. The minimum absolute atomic E-state index is 0.0356. The van der Waals surface area contributed by atoms with Crippen molar-refractivity contribution in [2.75, 3.05) is 0 Å². The van der Waals surface area contributed by atoms with E-state index in [0.29, 0.717) is 11.5 Å². The molecule has 0 spiro atoms.